The lowest BCUT2D eigenvalue weighted by Crippen LogP contribution is -2.41. The average molecular weight is 425 g/mol. The summed E-state index contributed by atoms with van der Waals surface area (Å²) >= 11 is 0. The molecule has 2 aromatic rings. The van der Waals surface area contributed by atoms with Crippen molar-refractivity contribution in [3.05, 3.63) is 41.2 Å². The Bertz CT molecular complexity index is 916. The lowest BCUT2D eigenvalue weighted by atomic mass is 9.84. The Kier molecular flexibility index (Phi) is 6.65. The summed E-state index contributed by atoms with van der Waals surface area (Å²) in [5, 5.41) is 5.09. The van der Waals surface area contributed by atoms with Gasteiger partial charge in [0.25, 0.3) is 0 Å². The minimum Gasteiger partial charge on any atom is -0.494 e. The number of hydrogen-bond donors (Lipinski definition) is 0. The van der Waals surface area contributed by atoms with Crippen LogP contribution in [0.2, 0.25) is 0 Å². The minimum atomic E-state index is 0.206. The number of amides is 1. The van der Waals surface area contributed by atoms with Crippen LogP contribution in [0.4, 0.5) is 0 Å². The van der Waals surface area contributed by atoms with Crippen molar-refractivity contribution in [3.63, 3.8) is 0 Å². The van der Waals surface area contributed by atoms with Crippen LogP contribution in [0.3, 0.4) is 0 Å². The van der Waals surface area contributed by atoms with E-state index in [2.05, 4.69) is 41.3 Å². The summed E-state index contributed by atoms with van der Waals surface area (Å²) in [5.74, 6) is 1.77. The van der Waals surface area contributed by atoms with Gasteiger partial charge in [0.05, 0.1) is 25.0 Å². The molecule has 2 aliphatic rings. The standard InChI is InChI=1S/C25H36N4O2/c1-5-27-14-13-22-20(16-27)21(26-29(22)23-11-6-7-12-24(23)31-4)17-28(15-18(2)3)25(30)19-9-8-10-19/h6-7,11-12,18-19H,5,8-10,13-17H2,1-4H3. The van der Waals surface area contributed by atoms with E-state index in [1.54, 1.807) is 7.11 Å². The van der Waals surface area contributed by atoms with Crippen LogP contribution < -0.4 is 4.74 Å². The second-order valence-corrected chi connectivity index (χ2v) is 9.31. The Balaban J connectivity index is 1.72. The van der Waals surface area contributed by atoms with Gasteiger partial charge in [-0.15, -0.1) is 0 Å². The SMILES string of the molecule is CCN1CCc2c(c(CN(CC(C)C)C(=O)C3CCC3)nn2-c2ccccc2OC)C1. The second kappa shape index (κ2) is 9.43. The zero-order valence-electron chi connectivity index (χ0n) is 19.4. The molecule has 0 atom stereocenters. The number of carbonyl (C=O) groups excluding carboxylic acids is 1. The molecule has 168 valence electrons. The highest BCUT2D eigenvalue weighted by molar-refractivity contribution is 5.79. The predicted octanol–water partition coefficient (Wildman–Crippen LogP) is 4.04. The Labute approximate surface area is 186 Å². The number of hydrogen-bond acceptors (Lipinski definition) is 4. The monoisotopic (exact) mass is 424 g/mol. The molecule has 6 heteroatoms. The molecule has 6 nitrogen and oxygen atoms in total. The molecule has 1 aliphatic carbocycles. The Hall–Kier alpha value is -2.34. The molecule has 1 aromatic carbocycles. The van der Waals surface area contributed by atoms with Crippen LogP contribution in [0.5, 0.6) is 5.75 Å². The number of methoxy groups -OCH3 is 1. The number of likely N-dealkylation sites (N-methyl/N-ethyl adjacent to an activating group) is 1. The van der Waals surface area contributed by atoms with Crippen molar-refractivity contribution in [2.24, 2.45) is 11.8 Å². The van der Waals surface area contributed by atoms with Crippen LogP contribution >= 0.6 is 0 Å². The lowest BCUT2D eigenvalue weighted by Gasteiger charge is -2.33. The zero-order chi connectivity index (χ0) is 22.0. The molecule has 1 saturated carbocycles. The van der Waals surface area contributed by atoms with E-state index in [0.29, 0.717) is 18.4 Å². The molecule has 0 unspecified atom stereocenters. The van der Waals surface area contributed by atoms with Crippen molar-refractivity contribution in [1.82, 2.24) is 19.6 Å². The Morgan fingerprint density at radius 3 is 2.71 bits per heavy atom. The first-order chi connectivity index (χ1) is 15.0. The van der Waals surface area contributed by atoms with Gasteiger partial charge in [0, 0.05) is 37.5 Å². The van der Waals surface area contributed by atoms with E-state index in [0.717, 1.165) is 62.6 Å². The normalized spacial score (nSPS) is 16.8. The van der Waals surface area contributed by atoms with Gasteiger partial charge < -0.3 is 9.64 Å². The molecule has 0 N–H and O–H groups in total. The Morgan fingerprint density at radius 2 is 2.06 bits per heavy atom. The maximum Gasteiger partial charge on any atom is 0.226 e. The molecule has 1 amide bonds. The van der Waals surface area contributed by atoms with Crippen molar-refractivity contribution in [1.29, 1.82) is 0 Å². The highest BCUT2D eigenvalue weighted by Crippen LogP contribution is 2.32. The van der Waals surface area contributed by atoms with Crippen LogP contribution in [0.1, 0.15) is 57.0 Å². The van der Waals surface area contributed by atoms with Gasteiger partial charge in [0.15, 0.2) is 0 Å². The van der Waals surface area contributed by atoms with Gasteiger partial charge in [-0.3, -0.25) is 9.69 Å². The summed E-state index contributed by atoms with van der Waals surface area (Å²) in [4.78, 5) is 17.7. The van der Waals surface area contributed by atoms with Crippen LogP contribution in [-0.2, 0) is 24.3 Å². The summed E-state index contributed by atoms with van der Waals surface area (Å²) in [6.45, 7) is 10.9. The molecule has 4 rings (SSSR count). The number of carbonyl (C=O) groups is 1. The van der Waals surface area contributed by atoms with Gasteiger partial charge in [0.1, 0.15) is 11.4 Å². The molecule has 31 heavy (non-hydrogen) atoms. The first-order valence-electron chi connectivity index (χ1n) is 11.8. The summed E-state index contributed by atoms with van der Waals surface area (Å²) in [5.41, 5.74) is 4.55. The van der Waals surface area contributed by atoms with Crippen molar-refractivity contribution < 1.29 is 9.53 Å². The molecule has 0 spiro atoms. The molecule has 1 aliphatic heterocycles. The van der Waals surface area contributed by atoms with Gasteiger partial charge in [-0.25, -0.2) is 4.68 Å². The molecule has 1 aromatic heterocycles. The number of nitrogens with zero attached hydrogens (tertiary/aromatic N) is 4. The summed E-state index contributed by atoms with van der Waals surface area (Å²) in [6, 6.07) is 8.06. The molecular formula is C25H36N4O2. The summed E-state index contributed by atoms with van der Waals surface area (Å²) in [7, 11) is 1.70. The van der Waals surface area contributed by atoms with Gasteiger partial charge in [0.2, 0.25) is 5.91 Å². The lowest BCUT2D eigenvalue weighted by molar-refractivity contribution is -0.139. The third-order valence-corrected chi connectivity index (χ3v) is 6.67. The highest BCUT2D eigenvalue weighted by atomic mass is 16.5. The van der Waals surface area contributed by atoms with E-state index < -0.39 is 0 Å². The molecule has 0 saturated heterocycles. The number of fused-ring (bicyclic) bond motifs is 1. The fourth-order valence-corrected chi connectivity index (χ4v) is 4.71. The van der Waals surface area contributed by atoms with Crippen LogP contribution in [-0.4, -0.2) is 52.2 Å². The van der Waals surface area contributed by atoms with Gasteiger partial charge in [-0.05, 0) is 37.4 Å². The Morgan fingerprint density at radius 1 is 1.29 bits per heavy atom. The number of benzene rings is 1. The van der Waals surface area contributed by atoms with Crippen LogP contribution in [0.25, 0.3) is 5.69 Å². The van der Waals surface area contributed by atoms with Crippen molar-refractivity contribution in [2.75, 3.05) is 26.7 Å². The highest BCUT2D eigenvalue weighted by Gasteiger charge is 2.32. The van der Waals surface area contributed by atoms with Crippen molar-refractivity contribution in [2.45, 2.75) is 59.5 Å². The molecule has 1 fully saturated rings. The molecule has 0 bridgehead atoms. The number of para-hydroxylation sites is 2. The van der Waals surface area contributed by atoms with E-state index in [1.165, 1.54) is 17.7 Å². The van der Waals surface area contributed by atoms with E-state index in [-0.39, 0.29) is 5.92 Å². The second-order valence-electron chi connectivity index (χ2n) is 9.31. The fourth-order valence-electron chi connectivity index (χ4n) is 4.71. The number of ether oxygens (including phenoxy) is 1. The van der Waals surface area contributed by atoms with E-state index in [1.807, 2.05) is 18.2 Å². The van der Waals surface area contributed by atoms with E-state index in [4.69, 9.17) is 9.84 Å². The van der Waals surface area contributed by atoms with Gasteiger partial charge >= 0.3 is 0 Å². The third-order valence-electron chi connectivity index (χ3n) is 6.67. The number of rotatable bonds is 8. The zero-order valence-corrected chi connectivity index (χ0v) is 19.4. The van der Waals surface area contributed by atoms with Gasteiger partial charge in [-0.1, -0.05) is 39.3 Å². The van der Waals surface area contributed by atoms with Crippen LogP contribution in [0, 0.1) is 11.8 Å². The predicted molar refractivity (Wildman–Crippen MR) is 122 cm³/mol. The van der Waals surface area contributed by atoms with Crippen LogP contribution in [0.15, 0.2) is 24.3 Å². The first kappa shape index (κ1) is 21.9. The van der Waals surface area contributed by atoms with E-state index >= 15 is 0 Å². The average Bonchev–Trinajstić information content (AvgIpc) is 3.09. The topological polar surface area (TPSA) is 50.6 Å². The fraction of sp³-hybridized carbons (Fsp3) is 0.600. The van der Waals surface area contributed by atoms with Crippen molar-refractivity contribution >= 4 is 5.91 Å². The van der Waals surface area contributed by atoms with Crippen molar-refractivity contribution in [3.8, 4) is 11.4 Å². The first-order valence-corrected chi connectivity index (χ1v) is 11.8. The maximum atomic E-state index is 13.2. The summed E-state index contributed by atoms with van der Waals surface area (Å²) in [6.07, 6.45) is 4.19. The minimum absolute atomic E-state index is 0.206. The summed E-state index contributed by atoms with van der Waals surface area (Å²) < 4.78 is 7.70. The largest absolute Gasteiger partial charge is 0.494 e. The molecule has 0 radical (unpaired) electrons. The third kappa shape index (κ3) is 4.49. The van der Waals surface area contributed by atoms with Gasteiger partial charge in [-0.2, -0.15) is 5.10 Å². The molecular weight excluding hydrogens is 388 g/mol. The van der Waals surface area contributed by atoms with E-state index in [9.17, 15) is 4.79 Å². The smallest absolute Gasteiger partial charge is 0.226 e. The molecule has 2 heterocycles. The quantitative estimate of drug-likeness (QED) is 0.642. The number of aromatic nitrogens is 2. The maximum absolute atomic E-state index is 13.2.